The molecule has 2 aromatic rings. The molecule has 0 aliphatic rings. The quantitative estimate of drug-likeness (QED) is 0.466. The van der Waals surface area contributed by atoms with E-state index in [4.69, 9.17) is 0 Å². The van der Waals surface area contributed by atoms with E-state index in [0.29, 0.717) is 10.5 Å². The second-order valence-electron chi connectivity index (χ2n) is 5.87. The Labute approximate surface area is 147 Å². The van der Waals surface area contributed by atoms with Crippen LogP contribution >= 0.6 is 0 Å². The predicted octanol–water partition coefficient (Wildman–Crippen LogP) is 2.23. The number of halogens is 3. The molecule has 0 fully saturated rings. The van der Waals surface area contributed by atoms with Gasteiger partial charge in [0.2, 0.25) is 0 Å². The summed E-state index contributed by atoms with van der Waals surface area (Å²) in [6.45, 7) is 1.67. The SMILES string of the molecule is C[C@H](c1cccc([N+](=O)[O-])c1)[NH+](C)CC(=O)Nc1ccc(F)c(F)c1F. The number of carbonyl (C=O) groups is 1. The number of hydrogen-bond acceptors (Lipinski definition) is 3. The summed E-state index contributed by atoms with van der Waals surface area (Å²) in [5.41, 5.74) is 0.142. The van der Waals surface area contributed by atoms with Crippen molar-refractivity contribution in [1.29, 1.82) is 0 Å². The van der Waals surface area contributed by atoms with Gasteiger partial charge in [0.1, 0.15) is 6.04 Å². The van der Waals surface area contributed by atoms with E-state index in [0.717, 1.165) is 12.1 Å². The van der Waals surface area contributed by atoms with Crippen LogP contribution in [-0.2, 0) is 4.79 Å². The van der Waals surface area contributed by atoms with E-state index in [-0.39, 0.29) is 18.3 Å². The van der Waals surface area contributed by atoms with Crippen LogP contribution in [-0.4, -0.2) is 24.4 Å². The van der Waals surface area contributed by atoms with Crippen LogP contribution in [0.4, 0.5) is 24.5 Å². The number of hydrogen-bond donors (Lipinski definition) is 2. The topological polar surface area (TPSA) is 76.7 Å². The first-order chi connectivity index (χ1) is 12.2. The number of benzene rings is 2. The molecule has 6 nitrogen and oxygen atoms in total. The summed E-state index contributed by atoms with van der Waals surface area (Å²) >= 11 is 0. The van der Waals surface area contributed by atoms with Crippen molar-refractivity contribution in [3.8, 4) is 0 Å². The van der Waals surface area contributed by atoms with Gasteiger partial charge in [-0.1, -0.05) is 12.1 Å². The highest BCUT2D eigenvalue weighted by Crippen LogP contribution is 2.19. The van der Waals surface area contributed by atoms with Gasteiger partial charge in [0.05, 0.1) is 17.7 Å². The molecule has 0 aromatic heterocycles. The molecule has 0 aliphatic heterocycles. The summed E-state index contributed by atoms with van der Waals surface area (Å²) in [4.78, 5) is 23.1. The lowest BCUT2D eigenvalue weighted by Gasteiger charge is -2.21. The van der Waals surface area contributed by atoms with E-state index in [2.05, 4.69) is 5.32 Å². The van der Waals surface area contributed by atoms with Crippen molar-refractivity contribution in [1.82, 2.24) is 0 Å². The number of carbonyl (C=O) groups excluding carboxylic acids is 1. The molecule has 2 atom stereocenters. The minimum Gasteiger partial charge on any atom is -0.324 e. The molecule has 26 heavy (non-hydrogen) atoms. The minimum absolute atomic E-state index is 0.0598. The van der Waals surface area contributed by atoms with Crippen LogP contribution in [0.3, 0.4) is 0 Å². The van der Waals surface area contributed by atoms with Crippen molar-refractivity contribution in [2.45, 2.75) is 13.0 Å². The monoisotopic (exact) mass is 368 g/mol. The second-order valence-corrected chi connectivity index (χ2v) is 5.87. The third-order valence-electron chi connectivity index (χ3n) is 4.07. The molecule has 2 aromatic carbocycles. The first-order valence-electron chi connectivity index (χ1n) is 7.70. The number of nitrogens with one attached hydrogen (secondary N) is 2. The van der Waals surface area contributed by atoms with Crippen LogP contribution in [0.1, 0.15) is 18.5 Å². The number of anilines is 1. The van der Waals surface area contributed by atoms with Crippen molar-refractivity contribution in [2.24, 2.45) is 0 Å². The maximum atomic E-state index is 13.6. The number of rotatable bonds is 6. The van der Waals surface area contributed by atoms with Gasteiger partial charge in [-0.25, -0.2) is 13.2 Å². The van der Waals surface area contributed by atoms with Gasteiger partial charge in [-0.15, -0.1) is 0 Å². The number of likely N-dealkylation sites (N-methyl/N-ethyl adjacent to an activating group) is 1. The predicted molar refractivity (Wildman–Crippen MR) is 88.2 cm³/mol. The largest absolute Gasteiger partial charge is 0.324 e. The first kappa shape index (κ1) is 19.4. The van der Waals surface area contributed by atoms with E-state index in [1.54, 1.807) is 26.1 Å². The molecule has 138 valence electrons. The van der Waals surface area contributed by atoms with E-state index in [1.807, 2.05) is 0 Å². The fraction of sp³-hybridized carbons (Fsp3) is 0.235. The summed E-state index contributed by atoms with van der Waals surface area (Å²) in [5, 5.41) is 13.0. The maximum absolute atomic E-state index is 13.6. The molecular formula is C17H17F3N3O3+. The van der Waals surface area contributed by atoms with Crippen molar-refractivity contribution in [2.75, 3.05) is 18.9 Å². The molecule has 0 aliphatic carbocycles. The Hall–Kier alpha value is -2.94. The molecule has 0 heterocycles. The lowest BCUT2D eigenvalue weighted by molar-refractivity contribution is -0.902. The standard InChI is InChI=1S/C17H16F3N3O3/c1-10(11-4-3-5-12(8-11)23(25)26)22(2)9-15(24)21-14-7-6-13(18)16(19)17(14)20/h3-8,10H,9H2,1-2H3,(H,21,24)/p+1/t10-/m1/s1. The highest BCUT2D eigenvalue weighted by Gasteiger charge is 2.22. The highest BCUT2D eigenvalue weighted by molar-refractivity contribution is 5.91. The van der Waals surface area contributed by atoms with Crippen molar-refractivity contribution >= 4 is 17.3 Å². The van der Waals surface area contributed by atoms with Crippen LogP contribution < -0.4 is 10.2 Å². The van der Waals surface area contributed by atoms with Crippen molar-refractivity contribution < 1.29 is 27.8 Å². The molecule has 0 spiro atoms. The number of quaternary nitrogens is 1. The van der Waals surface area contributed by atoms with Gasteiger partial charge in [0.15, 0.2) is 24.0 Å². The van der Waals surface area contributed by atoms with E-state index in [1.165, 1.54) is 12.1 Å². The molecule has 0 saturated carbocycles. The Morgan fingerprint density at radius 2 is 1.92 bits per heavy atom. The third kappa shape index (κ3) is 4.37. The fourth-order valence-electron chi connectivity index (χ4n) is 2.42. The summed E-state index contributed by atoms with van der Waals surface area (Å²) in [6, 6.07) is 7.42. The molecule has 9 heteroatoms. The Morgan fingerprint density at radius 3 is 2.58 bits per heavy atom. The van der Waals surface area contributed by atoms with Crippen molar-refractivity contribution in [3.05, 3.63) is 69.5 Å². The molecule has 1 amide bonds. The summed E-state index contributed by atoms with van der Waals surface area (Å²) in [7, 11) is 1.69. The van der Waals surface area contributed by atoms with Gasteiger partial charge in [0, 0.05) is 17.7 Å². The lowest BCUT2D eigenvalue weighted by atomic mass is 10.1. The molecule has 0 bridgehead atoms. The van der Waals surface area contributed by atoms with E-state index in [9.17, 15) is 28.1 Å². The van der Waals surface area contributed by atoms with Crippen LogP contribution in [0.2, 0.25) is 0 Å². The summed E-state index contributed by atoms with van der Waals surface area (Å²) < 4.78 is 39.7. The third-order valence-corrected chi connectivity index (χ3v) is 4.07. The summed E-state index contributed by atoms with van der Waals surface area (Å²) in [5.74, 6) is -5.08. The van der Waals surface area contributed by atoms with Gasteiger partial charge < -0.3 is 10.2 Å². The first-order valence-corrected chi connectivity index (χ1v) is 7.70. The van der Waals surface area contributed by atoms with Crippen molar-refractivity contribution in [3.63, 3.8) is 0 Å². The van der Waals surface area contributed by atoms with Gasteiger partial charge in [-0.3, -0.25) is 14.9 Å². The second kappa shape index (κ2) is 7.96. The van der Waals surface area contributed by atoms with Gasteiger partial charge >= 0.3 is 0 Å². The minimum atomic E-state index is -1.66. The molecule has 2 rings (SSSR count). The van der Waals surface area contributed by atoms with Crippen LogP contribution in [0.15, 0.2) is 36.4 Å². The zero-order valence-electron chi connectivity index (χ0n) is 14.1. The molecule has 0 radical (unpaired) electrons. The molecule has 0 saturated heterocycles. The average Bonchev–Trinajstić information content (AvgIpc) is 2.61. The van der Waals surface area contributed by atoms with Gasteiger partial charge in [-0.05, 0) is 19.1 Å². The Balaban J connectivity index is 2.06. The lowest BCUT2D eigenvalue weighted by Crippen LogP contribution is -3.10. The maximum Gasteiger partial charge on any atom is 0.279 e. The zero-order valence-corrected chi connectivity index (χ0v) is 14.1. The van der Waals surface area contributed by atoms with Gasteiger partial charge in [-0.2, -0.15) is 0 Å². The van der Waals surface area contributed by atoms with Crippen LogP contribution in [0.5, 0.6) is 0 Å². The van der Waals surface area contributed by atoms with Crippen LogP contribution in [0, 0.1) is 27.6 Å². The smallest absolute Gasteiger partial charge is 0.279 e. The number of nitro groups is 1. The highest BCUT2D eigenvalue weighted by atomic mass is 19.2. The van der Waals surface area contributed by atoms with Gasteiger partial charge in [0.25, 0.3) is 11.6 Å². The number of amides is 1. The zero-order chi connectivity index (χ0) is 19.4. The van der Waals surface area contributed by atoms with E-state index >= 15 is 0 Å². The number of nitro benzene ring substituents is 1. The number of non-ortho nitro benzene ring substituents is 1. The molecule has 1 unspecified atom stereocenters. The van der Waals surface area contributed by atoms with Crippen LogP contribution in [0.25, 0.3) is 0 Å². The molecule has 2 N–H and O–H groups in total. The van der Waals surface area contributed by atoms with E-state index < -0.39 is 34.0 Å². The Morgan fingerprint density at radius 1 is 1.23 bits per heavy atom. The average molecular weight is 368 g/mol. The fourth-order valence-corrected chi connectivity index (χ4v) is 2.42. The molecular weight excluding hydrogens is 351 g/mol. The Kier molecular flexibility index (Phi) is 5.93. The number of nitrogens with zero attached hydrogens (tertiary/aromatic N) is 1. The summed E-state index contributed by atoms with van der Waals surface area (Å²) in [6.07, 6.45) is 0. The Bertz CT molecular complexity index is 845. The normalized spacial score (nSPS) is 13.1.